The van der Waals surface area contributed by atoms with E-state index in [4.69, 9.17) is 0 Å². The molecule has 0 amide bonds. The van der Waals surface area contributed by atoms with Gasteiger partial charge in [0.1, 0.15) is 34.9 Å². The standard InChI is InChI=1S/C22H3BF15O2.C18BF15.C13H30P/c1-2-3-4(39)40-23(5-8(24)14(30)20(36)15(31)9(5)25,6-10(26)16(32)21(37)17(33)11(6)27)7-12(28)18(34)22(38)19(35)13(7)29;20-4-1(5(21)11(27)16(32)10(4)26)19(2-6(22)12(28)17(33)13(29)7(2)23)3-8(24)14(30)18(34)15(31)9(3)25;1-11(2,3)14(10,12(4,5)6)13(7,8)9/h1H3;;1-10H3/q-1;;+1. The van der Waals surface area contributed by atoms with E-state index >= 15 is 26.3 Å². The maximum atomic E-state index is 15.0. The van der Waals surface area contributed by atoms with Crippen molar-refractivity contribution in [1.29, 1.82) is 0 Å². The van der Waals surface area contributed by atoms with Crippen molar-refractivity contribution >= 4 is 59.1 Å². The molecule has 0 bridgehead atoms. The molecule has 88 heavy (non-hydrogen) atoms. The van der Waals surface area contributed by atoms with Gasteiger partial charge in [-0.05, 0) is 69.2 Å². The minimum atomic E-state index is -6.42. The quantitative estimate of drug-likeness (QED) is 0.0398. The van der Waals surface area contributed by atoms with Crippen molar-refractivity contribution in [3.8, 4) is 11.8 Å². The second-order valence-electron chi connectivity index (χ2n) is 21.4. The minimum absolute atomic E-state index is 0.434. The molecule has 35 heteroatoms. The van der Waals surface area contributed by atoms with Crippen molar-refractivity contribution in [3.05, 3.63) is 175 Å². The highest BCUT2D eigenvalue weighted by atomic mass is 31.2. The van der Waals surface area contributed by atoms with Gasteiger partial charge in [-0.2, -0.15) is 0 Å². The number of hydrogen-bond acceptors (Lipinski definition) is 2. The Balaban J connectivity index is 0.000000313. The summed E-state index contributed by atoms with van der Waals surface area (Å²) in [6, 6.07) is 0. The smallest absolute Gasteiger partial charge is 0.337 e. The zero-order valence-electron chi connectivity index (χ0n) is 45.8. The Morgan fingerprint density at radius 3 is 0.591 bits per heavy atom. The Labute approximate surface area is 477 Å². The number of rotatable bonds is 7. The zero-order valence-corrected chi connectivity index (χ0v) is 46.7. The van der Waals surface area contributed by atoms with Crippen LogP contribution >= 0.6 is 7.26 Å². The molecule has 0 unspecified atom stereocenters. The summed E-state index contributed by atoms with van der Waals surface area (Å²) in [5.41, 5.74) is -17.3. The van der Waals surface area contributed by atoms with E-state index in [1.165, 1.54) is 5.92 Å². The SMILES string of the molecule is CC#CC(=O)O[B-](c1c(F)c(F)c(F)c(F)c1F)(c1c(F)c(F)c(F)c(F)c1F)c1c(F)c(F)c(F)c(F)c1F.CC(C)(C)[P+](C)(C(C)(C)C)C(C)(C)C.Fc1c(F)c(F)c(B(c2c(F)c(F)c(F)c(F)c2F)c2c(F)c(F)c(F)c(F)c2F)c(F)c1F. The van der Waals surface area contributed by atoms with Crippen molar-refractivity contribution < 1.29 is 141 Å². The van der Waals surface area contributed by atoms with Crippen LogP contribution in [0.15, 0.2) is 0 Å². The molecule has 0 aliphatic carbocycles. The Morgan fingerprint density at radius 2 is 0.455 bits per heavy atom. The summed E-state index contributed by atoms with van der Waals surface area (Å²) in [6.45, 7) is 21.1. The number of carbonyl (C=O) groups is 1. The van der Waals surface area contributed by atoms with Crippen LogP contribution in [0.2, 0.25) is 0 Å². The predicted molar refractivity (Wildman–Crippen MR) is 258 cm³/mol. The van der Waals surface area contributed by atoms with Crippen LogP contribution in [0.1, 0.15) is 69.2 Å². The van der Waals surface area contributed by atoms with Gasteiger partial charge in [-0.25, -0.2) is 137 Å². The molecule has 2 nitrogen and oxygen atoms in total. The number of carbonyl (C=O) groups excluding carboxylic acids is 1. The first-order chi connectivity index (χ1) is 39.9. The predicted octanol–water partition coefficient (Wildman–Crippen LogP) is 13.6. The first kappa shape index (κ1) is 73.3. The summed E-state index contributed by atoms with van der Waals surface area (Å²) in [5.74, 6) is -93.3. The first-order valence-electron chi connectivity index (χ1n) is 23.7. The van der Waals surface area contributed by atoms with Crippen molar-refractivity contribution in [3.63, 3.8) is 0 Å². The van der Waals surface area contributed by atoms with E-state index in [9.17, 15) is 110 Å². The van der Waals surface area contributed by atoms with Crippen LogP contribution < -0.4 is 32.8 Å². The van der Waals surface area contributed by atoms with Crippen LogP contribution in [0.25, 0.3) is 0 Å². The van der Waals surface area contributed by atoms with Crippen LogP contribution in [-0.4, -0.2) is 41.2 Å². The summed E-state index contributed by atoms with van der Waals surface area (Å²) in [7, 11) is -1.02. The second-order valence-corrected chi connectivity index (χ2v) is 27.5. The Kier molecular flexibility index (Phi) is 21.1. The van der Waals surface area contributed by atoms with Gasteiger partial charge in [0, 0.05) is 29.6 Å². The van der Waals surface area contributed by atoms with E-state index < -0.39 is 234 Å². The first-order valence-corrected chi connectivity index (χ1v) is 25.9. The van der Waals surface area contributed by atoms with E-state index in [2.05, 4.69) is 73.6 Å². The number of halogens is 30. The Bertz CT molecular complexity index is 3390. The number of benzene rings is 6. The molecule has 0 atom stereocenters. The summed E-state index contributed by atoms with van der Waals surface area (Å²) in [5, 5.41) is 1.30. The van der Waals surface area contributed by atoms with Gasteiger partial charge in [-0.1, -0.05) is 22.3 Å². The van der Waals surface area contributed by atoms with E-state index in [1.54, 1.807) is 5.92 Å². The molecule has 0 aromatic heterocycles. The van der Waals surface area contributed by atoms with E-state index in [0.29, 0.717) is 15.5 Å². The molecule has 0 heterocycles. The van der Waals surface area contributed by atoms with Gasteiger partial charge < -0.3 is 4.65 Å². The fourth-order valence-corrected chi connectivity index (χ4v) is 16.0. The maximum absolute atomic E-state index is 15.0. The molecule has 478 valence electrons. The van der Waals surface area contributed by atoms with Crippen LogP contribution in [0.4, 0.5) is 132 Å². The lowest BCUT2D eigenvalue weighted by atomic mass is 9.27. The molecule has 6 rings (SSSR count). The monoisotopic (exact) mass is 1320 g/mol. The van der Waals surface area contributed by atoms with Gasteiger partial charge in [0.2, 0.25) is 0 Å². The normalized spacial score (nSPS) is 12.1. The molecule has 0 spiro atoms. The lowest BCUT2D eigenvalue weighted by Crippen LogP contribution is -2.75. The molecule has 0 saturated carbocycles. The van der Waals surface area contributed by atoms with Gasteiger partial charge in [-0.15, -0.1) is 0 Å². The number of hydrogen-bond donors (Lipinski definition) is 0. The molecule has 6 aromatic carbocycles. The molecule has 0 aliphatic rings. The summed E-state index contributed by atoms with van der Waals surface area (Å²) in [6.07, 6.45) is -6.42. The zero-order chi connectivity index (χ0) is 68.6. The van der Waals surface area contributed by atoms with Crippen molar-refractivity contribution in [1.82, 2.24) is 0 Å². The highest BCUT2D eigenvalue weighted by Crippen LogP contribution is 2.80. The van der Waals surface area contributed by atoms with E-state index in [1.807, 2.05) is 0 Å². The van der Waals surface area contributed by atoms with Crippen LogP contribution in [0.5, 0.6) is 0 Å². The van der Waals surface area contributed by atoms with Crippen molar-refractivity contribution in [2.75, 3.05) is 6.66 Å². The fourth-order valence-electron chi connectivity index (χ4n) is 9.92. The summed E-state index contributed by atoms with van der Waals surface area (Å²) >= 11 is 0. The van der Waals surface area contributed by atoms with Gasteiger partial charge >= 0.3 is 5.97 Å². The molecule has 0 fully saturated rings. The third kappa shape index (κ3) is 11.7. The molecule has 0 N–H and O–H groups in total. The molecule has 0 aliphatic heterocycles. The molecular weight excluding hydrogens is 1290 g/mol. The average Bonchev–Trinajstić information content (AvgIpc) is 0.720. The second kappa shape index (κ2) is 25.4. The fraction of sp³-hybridized carbons (Fsp3) is 0.264. The highest BCUT2D eigenvalue weighted by Gasteiger charge is 2.61. The van der Waals surface area contributed by atoms with Gasteiger partial charge in [0.05, 0.1) is 22.1 Å². The summed E-state index contributed by atoms with van der Waals surface area (Å²) < 4.78 is 429. The van der Waals surface area contributed by atoms with Gasteiger partial charge in [0.15, 0.2) is 140 Å². The van der Waals surface area contributed by atoms with Crippen LogP contribution in [-0.2, 0) is 9.45 Å². The highest BCUT2D eigenvalue weighted by molar-refractivity contribution is 7.79. The third-order valence-corrected chi connectivity index (χ3v) is 22.1. The molecule has 0 radical (unpaired) electrons. The molecular formula is C53H33B2F30O2P. The van der Waals surface area contributed by atoms with E-state index in [0.717, 1.165) is 6.92 Å². The molecule has 0 saturated heterocycles. The Morgan fingerprint density at radius 1 is 0.307 bits per heavy atom. The average molecular weight is 1320 g/mol. The van der Waals surface area contributed by atoms with Crippen LogP contribution in [0, 0.1) is 186 Å². The summed E-state index contributed by atoms with van der Waals surface area (Å²) in [4.78, 5) is 12.3. The molecule has 6 aromatic rings. The minimum Gasteiger partial charge on any atom is -0.666 e. The maximum Gasteiger partial charge on any atom is 0.337 e. The largest absolute Gasteiger partial charge is 0.666 e. The lowest BCUT2D eigenvalue weighted by Gasteiger charge is -2.52. The van der Waals surface area contributed by atoms with E-state index in [-0.39, 0.29) is 0 Å². The third-order valence-electron chi connectivity index (χ3n) is 14.1. The van der Waals surface area contributed by atoms with Crippen molar-refractivity contribution in [2.24, 2.45) is 0 Å². The van der Waals surface area contributed by atoms with Crippen LogP contribution in [0.3, 0.4) is 0 Å². The van der Waals surface area contributed by atoms with Crippen molar-refractivity contribution in [2.45, 2.75) is 84.7 Å². The van der Waals surface area contributed by atoms with Gasteiger partial charge in [0.25, 0.3) is 13.1 Å². The topological polar surface area (TPSA) is 26.3 Å². The van der Waals surface area contributed by atoms with Gasteiger partial charge in [-0.3, -0.25) is 0 Å². The lowest BCUT2D eigenvalue weighted by molar-refractivity contribution is -0.128. The Hall–Kier alpha value is -7.19.